The molecule has 7 nitrogen and oxygen atoms in total. The number of carbonyl (C=O) groups excluding carboxylic acids is 1. The van der Waals surface area contributed by atoms with Crippen molar-refractivity contribution >= 4 is 17.5 Å². The molecular weight excluding hydrogens is 407 g/mol. The fraction of sp³-hybridized carbons (Fsp3) is 0.250. The minimum atomic E-state index is -0.488. The molecule has 1 fully saturated rings. The van der Waals surface area contributed by atoms with Crippen molar-refractivity contribution in [1.29, 1.82) is 5.26 Å². The van der Waals surface area contributed by atoms with Gasteiger partial charge in [-0.2, -0.15) is 9.65 Å². The van der Waals surface area contributed by atoms with E-state index in [0.717, 1.165) is 29.5 Å². The summed E-state index contributed by atoms with van der Waals surface area (Å²) in [5.74, 6) is -0.459. The highest BCUT2D eigenvalue weighted by Crippen LogP contribution is 2.34. The number of hydrogen-bond acceptors (Lipinski definition) is 6. The first-order valence-corrected chi connectivity index (χ1v) is 10.4. The highest BCUT2D eigenvalue weighted by Gasteiger charge is 2.32. The number of amides is 1. The molecule has 0 radical (unpaired) electrons. The van der Waals surface area contributed by atoms with E-state index in [0.29, 0.717) is 18.7 Å². The Labute approximate surface area is 185 Å². The van der Waals surface area contributed by atoms with Crippen LogP contribution in [0.2, 0.25) is 0 Å². The summed E-state index contributed by atoms with van der Waals surface area (Å²) < 4.78 is 15.3. The minimum absolute atomic E-state index is 0.140. The van der Waals surface area contributed by atoms with E-state index in [1.54, 1.807) is 12.1 Å². The van der Waals surface area contributed by atoms with Gasteiger partial charge in [0.2, 0.25) is 11.7 Å². The molecule has 32 heavy (non-hydrogen) atoms. The fourth-order valence-corrected chi connectivity index (χ4v) is 3.49. The molecule has 1 aliphatic carbocycles. The van der Waals surface area contributed by atoms with Crippen LogP contribution >= 0.6 is 0 Å². The molecule has 162 valence electrons. The number of primary amides is 1. The van der Waals surface area contributed by atoms with Gasteiger partial charge in [0.1, 0.15) is 6.33 Å². The van der Waals surface area contributed by atoms with Crippen LogP contribution < -0.4 is 16.0 Å². The van der Waals surface area contributed by atoms with E-state index in [2.05, 4.69) is 21.4 Å². The minimum Gasteiger partial charge on any atom is -0.369 e. The Morgan fingerprint density at radius 2 is 1.75 bits per heavy atom. The summed E-state index contributed by atoms with van der Waals surface area (Å²) >= 11 is 0. The molecule has 1 heterocycles. The first-order chi connectivity index (χ1) is 15.5. The van der Waals surface area contributed by atoms with Gasteiger partial charge in [-0.15, -0.1) is 0 Å². The third kappa shape index (κ3) is 5.19. The number of nitrogens with two attached hydrogens (primary N) is 1. The molecule has 0 atom stereocenters. The lowest BCUT2D eigenvalue weighted by atomic mass is 10.1. The highest BCUT2D eigenvalue weighted by molar-refractivity contribution is 5.76. The second-order valence-corrected chi connectivity index (χ2v) is 7.84. The number of nitriles is 1. The van der Waals surface area contributed by atoms with Gasteiger partial charge in [-0.05, 0) is 41.7 Å². The monoisotopic (exact) mass is 430 g/mol. The van der Waals surface area contributed by atoms with Crippen LogP contribution in [0.4, 0.5) is 16.0 Å². The highest BCUT2D eigenvalue weighted by atomic mass is 19.1. The van der Waals surface area contributed by atoms with E-state index < -0.39 is 5.82 Å². The molecule has 4 rings (SSSR count). The maximum atomic E-state index is 15.3. The van der Waals surface area contributed by atoms with Crippen molar-refractivity contribution in [3.05, 3.63) is 82.9 Å². The van der Waals surface area contributed by atoms with Gasteiger partial charge in [-0.3, -0.25) is 4.79 Å². The Hall–Kier alpha value is -3.99. The summed E-state index contributed by atoms with van der Waals surface area (Å²) in [4.78, 5) is 21.3. The van der Waals surface area contributed by atoms with E-state index in [-0.39, 0.29) is 30.0 Å². The topological polar surface area (TPSA) is 108 Å². The van der Waals surface area contributed by atoms with Crippen LogP contribution in [0.25, 0.3) is 0 Å². The molecule has 0 unspecified atom stereocenters. The van der Waals surface area contributed by atoms with Gasteiger partial charge >= 0.3 is 0 Å². The van der Waals surface area contributed by atoms with E-state index in [4.69, 9.17) is 11.0 Å². The summed E-state index contributed by atoms with van der Waals surface area (Å²) in [7, 11) is 0. The molecular formula is C24H23FN6O. The molecule has 2 aromatic carbocycles. The summed E-state index contributed by atoms with van der Waals surface area (Å²) in [5, 5.41) is 12.0. The second-order valence-electron chi connectivity index (χ2n) is 7.84. The molecule has 3 N–H and O–H groups in total. The van der Waals surface area contributed by atoms with Crippen LogP contribution in [0.1, 0.15) is 35.1 Å². The molecule has 0 bridgehead atoms. The van der Waals surface area contributed by atoms with E-state index in [1.165, 1.54) is 6.33 Å². The quantitative estimate of drug-likeness (QED) is 0.539. The van der Waals surface area contributed by atoms with Crippen molar-refractivity contribution in [3.63, 3.8) is 0 Å². The van der Waals surface area contributed by atoms with Crippen LogP contribution in [-0.2, 0) is 24.3 Å². The first kappa shape index (κ1) is 21.2. The molecule has 1 amide bonds. The number of nitrogens with one attached hydrogen (secondary N) is 1. The van der Waals surface area contributed by atoms with Crippen molar-refractivity contribution in [2.45, 2.75) is 38.4 Å². The van der Waals surface area contributed by atoms with Gasteiger partial charge in [0.05, 0.1) is 18.1 Å². The predicted molar refractivity (Wildman–Crippen MR) is 119 cm³/mol. The maximum absolute atomic E-state index is 15.3. The van der Waals surface area contributed by atoms with Crippen molar-refractivity contribution in [2.75, 3.05) is 10.2 Å². The van der Waals surface area contributed by atoms with E-state index in [9.17, 15) is 4.79 Å². The summed E-state index contributed by atoms with van der Waals surface area (Å²) in [6, 6.07) is 17.0. The number of rotatable bonds is 9. The Morgan fingerprint density at radius 1 is 1.09 bits per heavy atom. The maximum Gasteiger partial charge on any atom is 0.221 e. The van der Waals surface area contributed by atoms with Crippen molar-refractivity contribution in [2.24, 2.45) is 5.73 Å². The lowest BCUT2D eigenvalue weighted by Crippen LogP contribution is -2.27. The molecule has 1 aromatic heterocycles. The lowest BCUT2D eigenvalue weighted by Gasteiger charge is -2.24. The zero-order chi connectivity index (χ0) is 22.5. The lowest BCUT2D eigenvalue weighted by molar-refractivity contribution is -0.117. The zero-order valence-electron chi connectivity index (χ0n) is 17.5. The number of halogens is 1. The van der Waals surface area contributed by atoms with Crippen LogP contribution in [0, 0.1) is 17.1 Å². The number of nitrogens with zero attached hydrogens (tertiary/aromatic N) is 4. The van der Waals surface area contributed by atoms with Crippen LogP contribution in [0.5, 0.6) is 0 Å². The number of anilines is 2. The number of carbonyl (C=O) groups is 1. The van der Waals surface area contributed by atoms with Crippen molar-refractivity contribution in [1.82, 2.24) is 9.97 Å². The van der Waals surface area contributed by atoms with Gasteiger partial charge in [0, 0.05) is 19.1 Å². The van der Waals surface area contributed by atoms with E-state index >= 15 is 4.39 Å². The molecule has 0 spiro atoms. The Balaban J connectivity index is 1.47. The first-order valence-electron chi connectivity index (χ1n) is 10.4. The normalized spacial score (nSPS) is 12.8. The molecule has 1 aliphatic rings. The molecule has 3 aromatic rings. The second kappa shape index (κ2) is 9.43. The molecule has 0 aliphatic heterocycles. The van der Waals surface area contributed by atoms with Crippen LogP contribution in [0.3, 0.4) is 0 Å². The number of aromatic nitrogens is 2. The smallest absolute Gasteiger partial charge is 0.221 e. The van der Waals surface area contributed by atoms with Crippen molar-refractivity contribution in [3.8, 4) is 6.07 Å². The number of benzene rings is 2. The average molecular weight is 430 g/mol. The van der Waals surface area contributed by atoms with Gasteiger partial charge < -0.3 is 16.0 Å². The standard InChI is InChI=1S/C24H23FN6O/c25-22-23(28-13-18-5-1-16(2-6-18)11-21(27)32)29-15-30-24(22)31(20-9-10-20)14-19-7-3-17(12-26)4-8-19/h1-8,15,20H,9-11,13-14H2,(H2,27,32)(H,28,29,30). The molecule has 0 saturated heterocycles. The Bertz CT molecular complexity index is 1140. The van der Waals surface area contributed by atoms with E-state index in [1.807, 2.05) is 41.3 Å². The molecule has 1 saturated carbocycles. The third-order valence-electron chi connectivity index (χ3n) is 5.33. The summed E-state index contributed by atoms with van der Waals surface area (Å²) in [5.41, 5.74) is 8.55. The SMILES string of the molecule is N#Cc1ccc(CN(c2ncnc(NCc3ccc(CC(N)=O)cc3)c2F)C2CC2)cc1. The Morgan fingerprint density at radius 3 is 2.38 bits per heavy atom. The van der Waals surface area contributed by atoms with Crippen LogP contribution in [0.15, 0.2) is 54.9 Å². The zero-order valence-corrected chi connectivity index (χ0v) is 17.5. The summed E-state index contributed by atoms with van der Waals surface area (Å²) in [6.45, 7) is 0.883. The Kier molecular flexibility index (Phi) is 6.26. The fourth-order valence-electron chi connectivity index (χ4n) is 3.49. The van der Waals surface area contributed by atoms with Crippen LogP contribution in [-0.4, -0.2) is 21.9 Å². The van der Waals surface area contributed by atoms with Gasteiger partial charge in [-0.1, -0.05) is 36.4 Å². The predicted octanol–water partition coefficient (Wildman–Crippen LogP) is 3.30. The van der Waals surface area contributed by atoms with Crippen molar-refractivity contribution < 1.29 is 9.18 Å². The van der Waals surface area contributed by atoms with Gasteiger partial charge in [-0.25, -0.2) is 9.97 Å². The number of hydrogen-bond donors (Lipinski definition) is 2. The van der Waals surface area contributed by atoms with Gasteiger partial charge in [0.25, 0.3) is 0 Å². The van der Waals surface area contributed by atoms with Gasteiger partial charge in [0.15, 0.2) is 11.6 Å². The largest absolute Gasteiger partial charge is 0.369 e. The third-order valence-corrected chi connectivity index (χ3v) is 5.33. The summed E-state index contributed by atoms with van der Waals surface area (Å²) in [6.07, 6.45) is 3.53. The molecule has 8 heteroatoms. The average Bonchev–Trinajstić information content (AvgIpc) is 3.63.